The predicted molar refractivity (Wildman–Crippen MR) is 67.6 cm³/mol. The van der Waals surface area contributed by atoms with E-state index in [0.29, 0.717) is 15.7 Å². The zero-order valence-electron chi connectivity index (χ0n) is 8.72. The average molecular weight is 288 g/mol. The highest BCUT2D eigenvalue weighted by Crippen LogP contribution is 2.26. The lowest BCUT2D eigenvalue weighted by Gasteiger charge is -2.01. The summed E-state index contributed by atoms with van der Waals surface area (Å²) in [5.41, 5.74) is 1.31. The fourth-order valence-corrected chi connectivity index (χ4v) is 1.84. The molecule has 0 aliphatic heterocycles. The fourth-order valence-electron chi connectivity index (χ4n) is 1.18. The molecule has 1 atom stereocenters. The number of nitrogens with zero attached hydrogens (tertiary/aromatic N) is 3. The highest BCUT2D eigenvalue weighted by atomic mass is 35.5. The van der Waals surface area contributed by atoms with Crippen molar-refractivity contribution in [2.45, 2.75) is 5.16 Å². The maximum atomic E-state index is 11.1. The number of aromatic nitrogens is 3. The van der Waals surface area contributed by atoms with Gasteiger partial charge in [-0.15, -0.1) is 10.2 Å². The minimum atomic E-state index is -1.23. The smallest absolute Gasteiger partial charge is 0.239 e. The maximum absolute atomic E-state index is 11.1. The Morgan fingerprint density at radius 2 is 1.94 bits per heavy atom. The molecule has 7 heteroatoms. The summed E-state index contributed by atoms with van der Waals surface area (Å²) in [5, 5.41) is 8.82. The Hall–Kier alpha value is -1.04. The molecule has 0 saturated carbocycles. The molecular weight excluding hydrogens is 281 g/mol. The molecule has 0 aliphatic rings. The van der Waals surface area contributed by atoms with Crippen molar-refractivity contribution in [2.24, 2.45) is 0 Å². The van der Waals surface area contributed by atoms with E-state index in [9.17, 15) is 4.21 Å². The molecule has 1 aromatic heterocycles. The molecule has 0 amide bonds. The lowest BCUT2D eigenvalue weighted by molar-refractivity contribution is 0.675. The van der Waals surface area contributed by atoms with Crippen molar-refractivity contribution in [2.75, 3.05) is 6.26 Å². The van der Waals surface area contributed by atoms with Crippen LogP contribution in [0.5, 0.6) is 0 Å². The molecule has 17 heavy (non-hydrogen) atoms. The van der Waals surface area contributed by atoms with Crippen molar-refractivity contribution < 1.29 is 4.21 Å². The van der Waals surface area contributed by atoms with Crippen LogP contribution in [0.25, 0.3) is 11.3 Å². The SMILES string of the molecule is CS(=O)c1ncc(-c2ccc(Cl)c(Cl)c2)nn1. The molecule has 2 rings (SSSR count). The first kappa shape index (κ1) is 12.4. The standard InChI is InChI=1S/C10H7Cl2N3OS/c1-17(16)10-13-5-9(14-15-10)6-2-3-7(11)8(12)4-6/h2-5H,1H3. The zero-order chi connectivity index (χ0) is 12.4. The summed E-state index contributed by atoms with van der Waals surface area (Å²) in [6.07, 6.45) is 3.00. The normalized spacial score (nSPS) is 12.4. The largest absolute Gasteiger partial charge is 0.251 e. The lowest BCUT2D eigenvalue weighted by Crippen LogP contribution is -1.99. The van der Waals surface area contributed by atoms with Crippen LogP contribution in [0.2, 0.25) is 10.0 Å². The first-order chi connectivity index (χ1) is 8.08. The molecule has 0 radical (unpaired) electrons. The third kappa shape index (κ3) is 2.80. The first-order valence-corrected chi connectivity index (χ1v) is 6.88. The highest BCUT2D eigenvalue weighted by Gasteiger charge is 2.06. The summed E-state index contributed by atoms with van der Waals surface area (Å²) in [4.78, 5) is 3.96. The number of rotatable bonds is 2. The quantitative estimate of drug-likeness (QED) is 0.852. The predicted octanol–water partition coefficient (Wildman–Crippen LogP) is 2.58. The van der Waals surface area contributed by atoms with Crippen LogP contribution in [-0.2, 0) is 10.8 Å². The molecular formula is C10H7Cl2N3OS. The summed E-state index contributed by atoms with van der Waals surface area (Å²) < 4.78 is 11.1. The van der Waals surface area contributed by atoms with E-state index in [0.717, 1.165) is 5.56 Å². The Balaban J connectivity index is 2.39. The number of hydrogen-bond donors (Lipinski definition) is 0. The van der Waals surface area contributed by atoms with Gasteiger partial charge in [-0.3, -0.25) is 4.21 Å². The lowest BCUT2D eigenvalue weighted by atomic mass is 10.2. The number of benzene rings is 1. The Bertz CT molecular complexity index is 574. The summed E-state index contributed by atoms with van der Waals surface area (Å²) in [5.74, 6) is 0. The summed E-state index contributed by atoms with van der Waals surface area (Å²) in [6, 6.07) is 5.12. The van der Waals surface area contributed by atoms with Crippen molar-refractivity contribution in [3.8, 4) is 11.3 Å². The highest BCUT2D eigenvalue weighted by molar-refractivity contribution is 7.84. The van der Waals surface area contributed by atoms with Gasteiger partial charge in [0.25, 0.3) is 0 Å². The van der Waals surface area contributed by atoms with E-state index in [1.807, 2.05) is 0 Å². The number of halogens is 2. The Morgan fingerprint density at radius 3 is 2.47 bits per heavy atom. The van der Waals surface area contributed by atoms with Gasteiger partial charge in [0.1, 0.15) is 5.69 Å². The Labute approximate surface area is 110 Å². The van der Waals surface area contributed by atoms with E-state index in [2.05, 4.69) is 15.2 Å². The van der Waals surface area contributed by atoms with Gasteiger partial charge in [-0.25, -0.2) is 4.98 Å². The van der Waals surface area contributed by atoms with Crippen molar-refractivity contribution in [1.29, 1.82) is 0 Å². The van der Waals surface area contributed by atoms with Crippen LogP contribution in [0.4, 0.5) is 0 Å². The third-order valence-corrected chi connectivity index (χ3v) is 3.45. The van der Waals surface area contributed by atoms with Crippen LogP contribution in [0.1, 0.15) is 0 Å². The molecule has 0 N–H and O–H groups in total. The molecule has 0 bridgehead atoms. The fraction of sp³-hybridized carbons (Fsp3) is 0.100. The van der Waals surface area contributed by atoms with Gasteiger partial charge in [0.05, 0.1) is 27.0 Å². The molecule has 2 aromatic rings. The van der Waals surface area contributed by atoms with Gasteiger partial charge in [0.2, 0.25) is 5.16 Å². The second-order valence-corrected chi connectivity index (χ2v) is 5.30. The summed E-state index contributed by atoms with van der Waals surface area (Å²) in [6.45, 7) is 0. The van der Waals surface area contributed by atoms with E-state index in [1.165, 1.54) is 12.5 Å². The molecule has 88 valence electrons. The van der Waals surface area contributed by atoms with Crippen LogP contribution in [0, 0.1) is 0 Å². The van der Waals surface area contributed by atoms with Crippen molar-refractivity contribution in [3.63, 3.8) is 0 Å². The van der Waals surface area contributed by atoms with Gasteiger partial charge in [-0.1, -0.05) is 29.3 Å². The van der Waals surface area contributed by atoms with Crippen LogP contribution >= 0.6 is 23.2 Å². The summed E-state index contributed by atoms with van der Waals surface area (Å²) >= 11 is 11.7. The molecule has 4 nitrogen and oxygen atoms in total. The Kier molecular flexibility index (Phi) is 3.71. The van der Waals surface area contributed by atoms with Crippen molar-refractivity contribution >= 4 is 34.0 Å². The van der Waals surface area contributed by atoms with Gasteiger partial charge in [-0.05, 0) is 12.1 Å². The van der Waals surface area contributed by atoms with Crippen molar-refractivity contribution in [1.82, 2.24) is 15.2 Å². The second kappa shape index (κ2) is 5.08. The topological polar surface area (TPSA) is 55.7 Å². The van der Waals surface area contributed by atoms with Gasteiger partial charge in [-0.2, -0.15) is 0 Å². The molecule has 1 unspecified atom stereocenters. The van der Waals surface area contributed by atoms with Crippen LogP contribution in [0.15, 0.2) is 29.6 Å². The molecule has 1 heterocycles. The van der Waals surface area contributed by atoms with Gasteiger partial charge in [0.15, 0.2) is 0 Å². The molecule has 0 fully saturated rings. The van der Waals surface area contributed by atoms with Crippen LogP contribution in [-0.4, -0.2) is 25.6 Å². The van der Waals surface area contributed by atoms with E-state index in [4.69, 9.17) is 23.2 Å². The molecule has 0 saturated heterocycles. The van der Waals surface area contributed by atoms with E-state index in [-0.39, 0.29) is 5.16 Å². The second-order valence-electron chi connectivity index (χ2n) is 3.21. The zero-order valence-corrected chi connectivity index (χ0v) is 11.1. The first-order valence-electron chi connectivity index (χ1n) is 4.56. The molecule has 0 aliphatic carbocycles. The monoisotopic (exact) mass is 287 g/mol. The number of hydrogen-bond acceptors (Lipinski definition) is 4. The van der Waals surface area contributed by atoms with Crippen molar-refractivity contribution in [3.05, 3.63) is 34.4 Å². The minimum absolute atomic E-state index is 0.203. The van der Waals surface area contributed by atoms with E-state index >= 15 is 0 Å². The molecule has 1 aromatic carbocycles. The van der Waals surface area contributed by atoms with Gasteiger partial charge < -0.3 is 0 Å². The van der Waals surface area contributed by atoms with Crippen LogP contribution in [0.3, 0.4) is 0 Å². The summed E-state index contributed by atoms with van der Waals surface area (Å²) in [7, 11) is -1.23. The average Bonchev–Trinajstić information content (AvgIpc) is 2.33. The van der Waals surface area contributed by atoms with Crippen LogP contribution < -0.4 is 0 Å². The van der Waals surface area contributed by atoms with Gasteiger partial charge in [0, 0.05) is 11.8 Å². The minimum Gasteiger partial charge on any atom is -0.251 e. The Morgan fingerprint density at radius 1 is 1.18 bits per heavy atom. The molecule has 0 spiro atoms. The maximum Gasteiger partial charge on any atom is 0.239 e. The third-order valence-electron chi connectivity index (χ3n) is 2.01. The van der Waals surface area contributed by atoms with Gasteiger partial charge >= 0.3 is 0 Å². The van der Waals surface area contributed by atoms with E-state index < -0.39 is 10.8 Å². The van der Waals surface area contributed by atoms with E-state index in [1.54, 1.807) is 18.2 Å².